The van der Waals surface area contributed by atoms with E-state index >= 15 is 0 Å². The Morgan fingerprint density at radius 2 is 1.62 bits per heavy atom. The van der Waals surface area contributed by atoms with E-state index < -0.39 is 11.9 Å². The van der Waals surface area contributed by atoms with E-state index in [0.29, 0.717) is 40.6 Å². The number of likely N-dealkylation sites (tertiary alicyclic amines) is 2. The third-order valence-electron chi connectivity index (χ3n) is 5.79. The Kier molecular flexibility index (Phi) is 10.5. The zero-order valence-corrected chi connectivity index (χ0v) is 19.7. The van der Waals surface area contributed by atoms with Crippen molar-refractivity contribution >= 4 is 41.0 Å². The lowest BCUT2D eigenvalue weighted by Gasteiger charge is -2.42. The molecule has 0 saturated carbocycles. The summed E-state index contributed by atoms with van der Waals surface area (Å²) in [6, 6.07) is 5.82. The predicted molar refractivity (Wildman–Crippen MR) is 124 cm³/mol. The monoisotopic (exact) mass is 484 g/mol. The second kappa shape index (κ2) is 12.8. The van der Waals surface area contributed by atoms with Gasteiger partial charge >= 0.3 is 11.9 Å². The van der Waals surface area contributed by atoms with Crippen molar-refractivity contribution in [2.24, 2.45) is 5.92 Å². The van der Waals surface area contributed by atoms with Gasteiger partial charge in [0.2, 0.25) is 5.91 Å². The molecule has 2 aliphatic heterocycles. The van der Waals surface area contributed by atoms with E-state index in [4.69, 9.17) is 33.4 Å². The molecule has 2 N–H and O–H groups in total. The molecule has 2 saturated heterocycles. The van der Waals surface area contributed by atoms with Crippen molar-refractivity contribution in [2.75, 3.05) is 26.2 Å². The number of carboxylic acid groups (broad SMARTS) is 2. The number of carbonyl (C=O) groups excluding carboxylic acids is 1. The van der Waals surface area contributed by atoms with Crippen molar-refractivity contribution in [1.29, 1.82) is 0 Å². The van der Waals surface area contributed by atoms with Gasteiger partial charge in [-0.2, -0.15) is 0 Å². The van der Waals surface area contributed by atoms with Crippen LogP contribution in [0.1, 0.15) is 38.2 Å². The molecule has 1 aromatic carbocycles. The van der Waals surface area contributed by atoms with E-state index in [2.05, 4.69) is 16.7 Å². The van der Waals surface area contributed by atoms with Gasteiger partial charge in [0.1, 0.15) is 0 Å². The average Bonchev–Trinajstić information content (AvgIpc) is 3.24. The maximum atomic E-state index is 12.9. The molecular formula is C23H30Cl2N2O5. The first kappa shape index (κ1) is 26.2. The lowest BCUT2D eigenvalue weighted by molar-refractivity contribution is -0.136. The summed E-state index contributed by atoms with van der Waals surface area (Å²) in [5.74, 6) is -1.74. The average molecular weight is 485 g/mol. The Balaban J connectivity index is 0.000000390. The molecule has 0 aromatic heterocycles. The molecule has 0 aliphatic carbocycles. The van der Waals surface area contributed by atoms with Crippen molar-refractivity contribution in [3.63, 3.8) is 0 Å². The minimum Gasteiger partial charge on any atom is -0.478 e. The standard InChI is InChI=1S/C19H26Cl2N2O.C4H4O4/c1-14-5-4-10-23(18(14)13-22-8-2-3-9-22)19(24)12-15-6-7-16(20)17(21)11-15;5-3(6)1-2-4(7)8/h6-7,11,14,18H,2-5,8-10,12-13H2,1H3;1-2H,(H,5,6)(H,7,8)/b;2-1-. The summed E-state index contributed by atoms with van der Waals surface area (Å²) in [6.07, 6.45) is 6.42. The van der Waals surface area contributed by atoms with E-state index in [1.165, 1.54) is 32.4 Å². The third-order valence-corrected chi connectivity index (χ3v) is 6.53. The number of halogens is 2. The topological polar surface area (TPSA) is 98.2 Å². The lowest BCUT2D eigenvalue weighted by Crippen LogP contribution is -2.53. The van der Waals surface area contributed by atoms with Crippen LogP contribution in [0.25, 0.3) is 0 Å². The zero-order chi connectivity index (χ0) is 23.7. The number of hydrogen-bond acceptors (Lipinski definition) is 4. The maximum absolute atomic E-state index is 12.9. The second-order valence-corrected chi connectivity index (χ2v) is 9.03. The van der Waals surface area contributed by atoms with E-state index in [-0.39, 0.29) is 5.91 Å². The van der Waals surface area contributed by atoms with Gasteiger partial charge in [0.15, 0.2) is 0 Å². The molecule has 2 aliphatic rings. The fraction of sp³-hybridized carbons (Fsp3) is 0.522. The number of benzene rings is 1. The molecule has 2 unspecified atom stereocenters. The molecular weight excluding hydrogens is 455 g/mol. The van der Waals surface area contributed by atoms with Gasteiger partial charge in [-0.05, 0) is 62.4 Å². The van der Waals surface area contributed by atoms with Crippen LogP contribution in [0.4, 0.5) is 0 Å². The predicted octanol–water partition coefficient (Wildman–Crippen LogP) is 3.97. The minimum absolute atomic E-state index is 0.212. The van der Waals surface area contributed by atoms with Gasteiger partial charge in [0, 0.05) is 31.3 Å². The second-order valence-electron chi connectivity index (χ2n) is 8.22. The fourth-order valence-electron chi connectivity index (χ4n) is 4.14. The summed E-state index contributed by atoms with van der Waals surface area (Å²) in [7, 11) is 0. The SMILES string of the molecule is CC1CCCN(C(=O)Cc2ccc(Cl)c(Cl)c2)C1CN1CCCC1.O=C(O)/C=C\C(=O)O. The summed E-state index contributed by atoms with van der Waals surface area (Å²) < 4.78 is 0. The molecule has 1 amide bonds. The lowest BCUT2D eigenvalue weighted by atomic mass is 9.89. The van der Waals surface area contributed by atoms with Gasteiger partial charge < -0.3 is 20.0 Å². The van der Waals surface area contributed by atoms with Gasteiger partial charge in [-0.15, -0.1) is 0 Å². The van der Waals surface area contributed by atoms with Crippen molar-refractivity contribution < 1.29 is 24.6 Å². The van der Waals surface area contributed by atoms with Gasteiger partial charge in [-0.3, -0.25) is 4.79 Å². The van der Waals surface area contributed by atoms with Crippen LogP contribution >= 0.6 is 23.2 Å². The molecule has 1 aromatic rings. The number of amides is 1. The molecule has 0 spiro atoms. The summed E-state index contributed by atoms with van der Waals surface area (Å²) in [4.78, 5) is 36.7. The quantitative estimate of drug-likeness (QED) is 0.592. The van der Waals surface area contributed by atoms with Crippen LogP contribution in [0.3, 0.4) is 0 Å². The molecule has 176 valence electrons. The van der Waals surface area contributed by atoms with Crippen molar-refractivity contribution in [1.82, 2.24) is 9.80 Å². The van der Waals surface area contributed by atoms with E-state index in [1.54, 1.807) is 6.07 Å². The number of carboxylic acids is 2. The third kappa shape index (κ3) is 8.45. The van der Waals surface area contributed by atoms with E-state index in [0.717, 1.165) is 25.1 Å². The molecule has 0 bridgehead atoms. The van der Waals surface area contributed by atoms with Crippen LogP contribution in [0.5, 0.6) is 0 Å². The number of hydrogen-bond donors (Lipinski definition) is 2. The number of carbonyl (C=O) groups is 3. The Labute approximate surface area is 198 Å². The van der Waals surface area contributed by atoms with Crippen molar-refractivity contribution in [2.45, 2.75) is 45.1 Å². The number of piperidine rings is 1. The van der Waals surface area contributed by atoms with Gasteiger partial charge in [-0.25, -0.2) is 9.59 Å². The molecule has 7 nitrogen and oxygen atoms in total. The molecule has 9 heteroatoms. The molecule has 3 rings (SSSR count). The molecule has 2 atom stereocenters. The highest BCUT2D eigenvalue weighted by atomic mass is 35.5. The number of nitrogens with zero attached hydrogens (tertiary/aromatic N) is 2. The Bertz CT molecular complexity index is 824. The molecule has 0 radical (unpaired) electrons. The van der Waals surface area contributed by atoms with Crippen LogP contribution in [-0.2, 0) is 20.8 Å². The highest BCUT2D eigenvalue weighted by molar-refractivity contribution is 6.42. The molecule has 2 heterocycles. The Hall–Kier alpha value is -2.09. The van der Waals surface area contributed by atoms with Crippen LogP contribution in [0.2, 0.25) is 10.0 Å². The normalized spacial score (nSPS) is 21.3. The van der Waals surface area contributed by atoms with E-state index in [1.807, 2.05) is 12.1 Å². The Morgan fingerprint density at radius 1 is 1.00 bits per heavy atom. The van der Waals surface area contributed by atoms with Gasteiger partial charge in [0.25, 0.3) is 0 Å². The Morgan fingerprint density at radius 3 is 2.19 bits per heavy atom. The van der Waals surface area contributed by atoms with Crippen molar-refractivity contribution in [3.05, 3.63) is 46.0 Å². The molecule has 2 fully saturated rings. The summed E-state index contributed by atoms with van der Waals surface area (Å²) in [6.45, 7) is 6.55. The summed E-state index contributed by atoms with van der Waals surface area (Å²) in [5, 5.41) is 16.7. The first-order valence-corrected chi connectivity index (χ1v) is 11.5. The number of rotatable bonds is 6. The smallest absolute Gasteiger partial charge is 0.328 e. The van der Waals surface area contributed by atoms with Crippen LogP contribution < -0.4 is 0 Å². The number of aliphatic carboxylic acids is 2. The maximum Gasteiger partial charge on any atom is 0.328 e. The highest BCUT2D eigenvalue weighted by Gasteiger charge is 2.33. The summed E-state index contributed by atoms with van der Waals surface area (Å²) >= 11 is 12.1. The highest BCUT2D eigenvalue weighted by Crippen LogP contribution is 2.27. The van der Waals surface area contributed by atoms with Gasteiger partial charge in [0.05, 0.1) is 16.5 Å². The van der Waals surface area contributed by atoms with Crippen LogP contribution in [0, 0.1) is 5.92 Å². The largest absolute Gasteiger partial charge is 0.478 e. The first-order valence-electron chi connectivity index (χ1n) is 10.8. The minimum atomic E-state index is -1.26. The first-order chi connectivity index (χ1) is 15.2. The molecule has 32 heavy (non-hydrogen) atoms. The van der Waals surface area contributed by atoms with Crippen molar-refractivity contribution in [3.8, 4) is 0 Å². The van der Waals surface area contributed by atoms with E-state index in [9.17, 15) is 14.4 Å². The fourth-order valence-corrected chi connectivity index (χ4v) is 4.46. The van der Waals surface area contributed by atoms with Crippen LogP contribution in [-0.4, -0.2) is 70.1 Å². The van der Waals surface area contributed by atoms with Gasteiger partial charge in [-0.1, -0.05) is 36.2 Å². The van der Waals surface area contributed by atoms with Crippen LogP contribution in [0.15, 0.2) is 30.4 Å². The summed E-state index contributed by atoms with van der Waals surface area (Å²) in [5.41, 5.74) is 0.938. The zero-order valence-electron chi connectivity index (χ0n) is 18.2.